The van der Waals surface area contributed by atoms with E-state index in [4.69, 9.17) is 10.5 Å². The number of rotatable bonds is 5. The first-order valence-corrected chi connectivity index (χ1v) is 8.84. The fourth-order valence-corrected chi connectivity index (χ4v) is 4.41. The monoisotopic (exact) mass is 312 g/mol. The van der Waals surface area contributed by atoms with Crippen LogP contribution in [0.2, 0.25) is 0 Å². The highest BCUT2D eigenvalue weighted by molar-refractivity contribution is 7.89. The van der Waals surface area contributed by atoms with Crippen LogP contribution in [-0.2, 0) is 16.6 Å². The quantitative estimate of drug-likeness (QED) is 0.902. The van der Waals surface area contributed by atoms with Crippen LogP contribution in [-0.4, -0.2) is 32.9 Å². The Morgan fingerprint density at radius 3 is 2.81 bits per heavy atom. The van der Waals surface area contributed by atoms with Crippen LogP contribution >= 0.6 is 0 Å². The SMILES string of the molecule is CCC1CCCN(S(=O)(=O)c2ccc(OC)c(CN)c2)C1. The summed E-state index contributed by atoms with van der Waals surface area (Å²) in [5.74, 6) is 1.09. The van der Waals surface area contributed by atoms with Crippen molar-refractivity contribution in [3.05, 3.63) is 23.8 Å². The summed E-state index contributed by atoms with van der Waals surface area (Å²) in [6.07, 6.45) is 3.06. The molecule has 0 saturated carbocycles. The number of hydrogen-bond donors (Lipinski definition) is 1. The first-order chi connectivity index (χ1) is 10.0. The molecule has 0 aromatic heterocycles. The van der Waals surface area contributed by atoms with Crippen LogP contribution < -0.4 is 10.5 Å². The molecule has 1 aliphatic heterocycles. The molecule has 2 N–H and O–H groups in total. The molecule has 1 atom stereocenters. The van der Waals surface area contributed by atoms with Gasteiger partial charge in [-0.25, -0.2) is 8.42 Å². The number of nitrogens with two attached hydrogens (primary N) is 1. The van der Waals surface area contributed by atoms with Gasteiger partial charge in [0.2, 0.25) is 10.0 Å². The number of sulfonamides is 1. The molecule has 5 nitrogen and oxygen atoms in total. The maximum atomic E-state index is 12.8. The molecule has 1 aromatic rings. The van der Waals surface area contributed by atoms with Gasteiger partial charge < -0.3 is 10.5 Å². The van der Waals surface area contributed by atoms with Gasteiger partial charge in [-0.05, 0) is 37.0 Å². The van der Waals surface area contributed by atoms with E-state index in [1.165, 1.54) is 0 Å². The van der Waals surface area contributed by atoms with Crippen molar-refractivity contribution in [2.75, 3.05) is 20.2 Å². The molecule has 0 spiro atoms. The minimum absolute atomic E-state index is 0.254. The normalized spacial score (nSPS) is 20.4. The van der Waals surface area contributed by atoms with Crippen LogP contribution in [0.4, 0.5) is 0 Å². The van der Waals surface area contributed by atoms with Gasteiger partial charge in [0.05, 0.1) is 12.0 Å². The maximum absolute atomic E-state index is 12.8. The first kappa shape index (κ1) is 16.3. The molecule has 1 heterocycles. The summed E-state index contributed by atoms with van der Waals surface area (Å²) in [6, 6.07) is 4.91. The van der Waals surface area contributed by atoms with Crippen molar-refractivity contribution in [3.8, 4) is 5.75 Å². The van der Waals surface area contributed by atoms with Gasteiger partial charge in [-0.15, -0.1) is 0 Å². The fourth-order valence-electron chi connectivity index (χ4n) is 2.80. The van der Waals surface area contributed by atoms with E-state index in [9.17, 15) is 8.42 Å². The molecule has 1 aromatic carbocycles. The highest BCUT2D eigenvalue weighted by Gasteiger charge is 2.29. The van der Waals surface area contributed by atoms with Gasteiger partial charge >= 0.3 is 0 Å². The zero-order chi connectivity index (χ0) is 15.5. The summed E-state index contributed by atoms with van der Waals surface area (Å²) in [4.78, 5) is 0.306. The van der Waals surface area contributed by atoms with Crippen LogP contribution in [0.5, 0.6) is 5.75 Å². The van der Waals surface area contributed by atoms with Gasteiger partial charge in [-0.1, -0.05) is 13.3 Å². The van der Waals surface area contributed by atoms with Crippen molar-refractivity contribution in [1.29, 1.82) is 0 Å². The second kappa shape index (κ2) is 6.77. The smallest absolute Gasteiger partial charge is 0.243 e. The number of hydrogen-bond acceptors (Lipinski definition) is 4. The Hall–Kier alpha value is -1.11. The van der Waals surface area contributed by atoms with Gasteiger partial charge in [0.25, 0.3) is 0 Å². The number of methoxy groups -OCH3 is 1. The summed E-state index contributed by atoms with van der Waals surface area (Å²) in [7, 11) is -1.89. The summed E-state index contributed by atoms with van der Waals surface area (Å²) >= 11 is 0. The van der Waals surface area contributed by atoms with Gasteiger partial charge in [0.15, 0.2) is 0 Å². The Labute approximate surface area is 127 Å². The minimum Gasteiger partial charge on any atom is -0.496 e. The van der Waals surface area contributed by atoms with Crippen LogP contribution in [0, 0.1) is 5.92 Å². The van der Waals surface area contributed by atoms with Crippen molar-refractivity contribution in [2.24, 2.45) is 11.7 Å². The van der Waals surface area contributed by atoms with Gasteiger partial charge in [0.1, 0.15) is 5.75 Å². The summed E-state index contributed by atoms with van der Waals surface area (Å²) < 4.78 is 32.3. The molecule has 2 rings (SSSR count). The highest BCUT2D eigenvalue weighted by Crippen LogP contribution is 2.28. The van der Waals surface area contributed by atoms with Crippen LogP contribution in [0.25, 0.3) is 0 Å². The van der Waals surface area contributed by atoms with E-state index < -0.39 is 10.0 Å². The van der Waals surface area contributed by atoms with E-state index in [2.05, 4.69) is 6.92 Å². The molecule has 0 amide bonds. The molecule has 6 heteroatoms. The van der Waals surface area contributed by atoms with Crippen molar-refractivity contribution in [2.45, 2.75) is 37.6 Å². The van der Waals surface area contributed by atoms with Crippen LogP contribution in [0.15, 0.2) is 23.1 Å². The Balaban J connectivity index is 2.30. The first-order valence-electron chi connectivity index (χ1n) is 7.40. The lowest BCUT2D eigenvalue weighted by atomic mass is 9.97. The third-order valence-electron chi connectivity index (χ3n) is 4.17. The summed E-state index contributed by atoms with van der Waals surface area (Å²) in [6.45, 7) is 3.58. The molecule has 0 aliphatic carbocycles. The fraction of sp³-hybridized carbons (Fsp3) is 0.600. The Kier molecular flexibility index (Phi) is 5.24. The zero-order valence-corrected chi connectivity index (χ0v) is 13.5. The lowest BCUT2D eigenvalue weighted by molar-refractivity contribution is 0.261. The molecule has 0 bridgehead atoms. The molecule has 0 radical (unpaired) electrons. The second-order valence-corrected chi connectivity index (χ2v) is 7.40. The molecular formula is C15H24N2O3S. The standard InChI is InChI=1S/C15H24N2O3S/c1-3-12-5-4-8-17(11-12)21(18,19)14-6-7-15(20-2)13(9-14)10-16/h6-7,9,12H,3-5,8,10-11,16H2,1-2H3. The summed E-state index contributed by atoms with van der Waals surface area (Å²) in [5, 5.41) is 0. The Morgan fingerprint density at radius 2 is 2.19 bits per heavy atom. The lowest BCUT2D eigenvalue weighted by Crippen LogP contribution is -2.39. The number of ether oxygens (including phenoxy) is 1. The number of piperidine rings is 1. The average Bonchev–Trinajstić information content (AvgIpc) is 2.54. The Morgan fingerprint density at radius 1 is 1.43 bits per heavy atom. The largest absolute Gasteiger partial charge is 0.496 e. The molecule has 1 fully saturated rings. The van der Waals surface area contributed by atoms with Gasteiger partial charge in [0, 0.05) is 25.2 Å². The molecular weight excluding hydrogens is 288 g/mol. The molecule has 118 valence electrons. The van der Waals surface area contributed by atoms with E-state index in [1.807, 2.05) is 0 Å². The van der Waals surface area contributed by atoms with Crippen molar-refractivity contribution in [3.63, 3.8) is 0 Å². The second-order valence-electron chi connectivity index (χ2n) is 5.46. The molecule has 1 aliphatic rings. The zero-order valence-electron chi connectivity index (χ0n) is 12.7. The van der Waals surface area contributed by atoms with E-state index in [0.29, 0.717) is 35.2 Å². The van der Waals surface area contributed by atoms with Crippen LogP contribution in [0.1, 0.15) is 31.7 Å². The number of benzene rings is 1. The van der Waals surface area contributed by atoms with Crippen molar-refractivity contribution < 1.29 is 13.2 Å². The van der Waals surface area contributed by atoms with E-state index in [0.717, 1.165) is 19.3 Å². The average molecular weight is 312 g/mol. The maximum Gasteiger partial charge on any atom is 0.243 e. The lowest BCUT2D eigenvalue weighted by Gasteiger charge is -2.31. The molecule has 21 heavy (non-hydrogen) atoms. The van der Waals surface area contributed by atoms with Gasteiger partial charge in [-0.2, -0.15) is 4.31 Å². The summed E-state index contributed by atoms with van der Waals surface area (Å²) in [5.41, 5.74) is 6.38. The highest BCUT2D eigenvalue weighted by atomic mass is 32.2. The van der Waals surface area contributed by atoms with E-state index in [1.54, 1.807) is 29.6 Å². The van der Waals surface area contributed by atoms with Crippen molar-refractivity contribution >= 4 is 10.0 Å². The third kappa shape index (κ3) is 3.39. The van der Waals surface area contributed by atoms with E-state index in [-0.39, 0.29) is 6.54 Å². The van der Waals surface area contributed by atoms with Crippen LogP contribution in [0.3, 0.4) is 0 Å². The molecule has 1 saturated heterocycles. The predicted octanol–water partition coefficient (Wildman–Crippen LogP) is 1.96. The topological polar surface area (TPSA) is 72.6 Å². The predicted molar refractivity (Wildman–Crippen MR) is 82.7 cm³/mol. The minimum atomic E-state index is -3.44. The molecule has 1 unspecified atom stereocenters. The van der Waals surface area contributed by atoms with E-state index >= 15 is 0 Å². The third-order valence-corrected chi connectivity index (χ3v) is 6.03. The Bertz CT molecular complexity index is 587. The van der Waals surface area contributed by atoms with Gasteiger partial charge in [-0.3, -0.25) is 0 Å². The van der Waals surface area contributed by atoms with Crippen molar-refractivity contribution in [1.82, 2.24) is 4.31 Å². The number of nitrogens with zero attached hydrogens (tertiary/aromatic N) is 1.